The fourth-order valence-corrected chi connectivity index (χ4v) is 2.15. The number of rotatable bonds is 5. The molecule has 1 aromatic carbocycles. The number of piperazine rings is 1. The highest BCUT2D eigenvalue weighted by Crippen LogP contribution is 2.20. The van der Waals surface area contributed by atoms with Crippen LogP contribution in [0.15, 0.2) is 24.3 Å². The molecule has 0 aliphatic carbocycles. The molecule has 1 aliphatic heterocycles. The Bertz CT molecular complexity index is 513. The molecule has 0 spiro atoms. The first-order valence-electron chi connectivity index (χ1n) is 6.68. The third-order valence-electron chi connectivity index (χ3n) is 3.32. The second-order valence-electron chi connectivity index (χ2n) is 4.55. The molecular formula is C13H17N3O6. The lowest BCUT2D eigenvalue weighted by molar-refractivity contribution is -0.765. The van der Waals surface area contributed by atoms with Crippen molar-refractivity contribution >= 4 is 11.8 Å². The van der Waals surface area contributed by atoms with E-state index in [-0.39, 0.29) is 0 Å². The van der Waals surface area contributed by atoms with Crippen molar-refractivity contribution in [3.8, 4) is 5.75 Å². The molecule has 22 heavy (non-hydrogen) atoms. The molecule has 1 fully saturated rings. The summed E-state index contributed by atoms with van der Waals surface area (Å²) < 4.78 is 9.76. The van der Waals surface area contributed by atoms with Gasteiger partial charge in [-0.1, -0.05) is 0 Å². The summed E-state index contributed by atoms with van der Waals surface area (Å²) in [7, 11) is 1.61. The minimum atomic E-state index is -1.01. The molecule has 1 amide bonds. The van der Waals surface area contributed by atoms with Crippen molar-refractivity contribution in [1.82, 2.24) is 4.90 Å². The molecule has 1 aromatic rings. The Balaban J connectivity index is 1.79. The number of carbonyl (C=O) groups excluding carboxylic acids is 1. The van der Waals surface area contributed by atoms with Gasteiger partial charge in [-0.25, -0.2) is 4.79 Å². The first-order chi connectivity index (χ1) is 10.6. The molecule has 9 heteroatoms. The van der Waals surface area contributed by atoms with E-state index in [4.69, 9.17) is 4.74 Å². The summed E-state index contributed by atoms with van der Waals surface area (Å²) in [6.07, 6.45) is -0.615. The Morgan fingerprint density at radius 1 is 1.23 bits per heavy atom. The number of benzene rings is 1. The molecule has 9 nitrogen and oxygen atoms in total. The summed E-state index contributed by atoms with van der Waals surface area (Å²) in [6, 6.07) is 7.67. The van der Waals surface area contributed by atoms with E-state index in [9.17, 15) is 14.9 Å². The molecule has 1 heterocycles. The van der Waals surface area contributed by atoms with Gasteiger partial charge in [0.25, 0.3) is 5.09 Å². The number of anilines is 1. The van der Waals surface area contributed by atoms with Crippen molar-refractivity contribution in [3.63, 3.8) is 0 Å². The number of carbonyl (C=O) groups is 1. The van der Waals surface area contributed by atoms with Crippen LogP contribution in [0.3, 0.4) is 0 Å². The molecule has 0 saturated carbocycles. The lowest BCUT2D eigenvalue weighted by Crippen LogP contribution is -2.49. The van der Waals surface area contributed by atoms with Crippen LogP contribution >= 0.6 is 0 Å². The van der Waals surface area contributed by atoms with Crippen LogP contribution in [0, 0.1) is 10.1 Å². The zero-order chi connectivity index (χ0) is 15.9. The van der Waals surface area contributed by atoms with Gasteiger partial charge in [0.1, 0.15) is 5.75 Å². The van der Waals surface area contributed by atoms with Gasteiger partial charge in [-0.3, -0.25) is 4.84 Å². The van der Waals surface area contributed by atoms with Crippen LogP contribution in [-0.4, -0.2) is 56.2 Å². The lowest BCUT2D eigenvalue weighted by Gasteiger charge is -2.35. The third kappa shape index (κ3) is 4.14. The monoisotopic (exact) mass is 311 g/mol. The second kappa shape index (κ2) is 7.34. The highest BCUT2D eigenvalue weighted by molar-refractivity contribution is 5.68. The maximum atomic E-state index is 11.7. The number of hydrogen-bond acceptors (Lipinski definition) is 7. The summed E-state index contributed by atoms with van der Waals surface area (Å²) >= 11 is 0. The Kier molecular flexibility index (Phi) is 5.23. The number of ether oxygens (including phenoxy) is 2. The van der Waals surface area contributed by atoms with Crippen molar-refractivity contribution < 1.29 is 24.2 Å². The molecule has 0 N–H and O–H groups in total. The SMILES string of the molecule is COc1ccc(N2CCN(C(=O)OCO[N+](=O)[O-])CC2)cc1. The third-order valence-corrected chi connectivity index (χ3v) is 3.32. The average Bonchev–Trinajstić information content (AvgIpc) is 2.54. The van der Waals surface area contributed by atoms with E-state index in [1.165, 1.54) is 4.90 Å². The number of nitrogens with zero attached hydrogens (tertiary/aromatic N) is 3. The topological polar surface area (TPSA) is 94.4 Å². The Morgan fingerprint density at radius 2 is 1.86 bits per heavy atom. The minimum absolute atomic E-state index is 0.476. The predicted octanol–water partition coefficient (Wildman–Crippen LogP) is 1.12. The average molecular weight is 311 g/mol. The van der Waals surface area contributed by atoms with Crippen LogP contribution in [-0.2, 0) is 9.57 Å². The molecule has 0 unspecified atom stereocenters. The van der Waals surface area contributed by atoms with Crippen molar-refractivity contribution in [2.45, 2.75) is 0 Å². The van der Waals surface area contributed by atoms with E-state index in [1.807, 2.05) is 24.3 Å². The number of methoxy groups -OCH3 is 1. The van der Waals surface area contributed by atoms with Crippen molar-refractivity contribution in [3.05, 3.63) is 34.4 Å². The second-order valence-corrected chi connectivity index (χ2v) is 4.55. The molecule has 0 bridgehead atoms. The fourth-order valence-electron chi connectivity index (χ4n) is 2.15. The smallest absolute Gasteiger partial charge is 0.411 e. The van der Waals surface area contributed by atoms with Crippen LogP contribution < -0.4 is 9.64 Å². The predicted molar refractivity (Wildman–Crippen MR) is 76.2 cm³/mol. The first kappa shape index (κ1) is 15.7. The molecular weight excluding hydrogens is 294 g/mol. The van der Waals surface area contributed by atoms with E-state index >= 15 is 0 Å². The molecule has 0 aromatic heterocycles. The largest absolute Gasteiger partial charge is 0.497 e. The van der Waals surface area contributed by atoms with Gasteiger partial charge in [0.15, 0.2) is 0 Å². The van der Waals surface area contributed by atoms with Gasteiger partial charge in [0.2, 0.25) is 6.79 Å². The van der Waals surface area contributed by atoms with E-state index in [0.29, 0.717) is 26.2 Å². The van der Waals surface area contributed by atoms with Crippen molar-refractivity contribution in [2.24, 2.45) is 0 Å². The summed E-state index contributed by atoms with van der Waals surface area (Å²) in [4.78, 5) is 29.2. The van der Waals surface area contributed by atoms with Crippen LogP contribution in [0.25, 0.3) is 0 Å². The molecule has 0 atom stereocenters. The Hall–Kier alpha value is -2.71. The van der Waals surface area contributed by atoms with Gasteiger partial charge in [-0.2, -0.15) is 0 Å². The van der Waals surface area contributed by atoms with Crippen molar-refractivity contribution in [1.29, 1.82) is 0 Å². The van der Waals surface area contributed by atoms with Gasteiger partial charge < -0.3 is 19.3 Å². The summed E-state index contributed by atoms with van der Waals surface area (Å²) in [5.74, 6) is 0.789. The number of hydrogen-bond donors (Lipinski definition) is 0. The molecule has 2 rings (SSSR count). The van der Waals surface area contributed by atoms with Crippen LogP contribution in [0.5, 0.6) is 5.75 Å². The zero-order valence-corrected chi connectivity index (χ0v) is 12.1. The molecule has 1 aliphatic rings. The maximum absolute atomic E-state index is 11.7. The van der Waals surface area contributed by atoms with Gasteiger partial charge >= 0.3 is 6.09 Å². The first-order valence-corrected chi connectivity index (χ1v) is 6.68. The van der Waals surface area contributed by atoms with Crippen LogP contribution in [0.1, 0.15) is 0 Å². The standard InChI is InChI=1S/C13H17N3O6/c1-20-12-4-2-11(3-5-12)14-6-8-15(9-7-14)13(17)21-10-22-16(18)19/h2-5H,6-10H2,1H3. The van der Waals surface area contributed by atoms with E-state index in [1.54, 1.807) is 7.11 Å². The van der Waals surface area contributed by atoms with Crippen molar-refractivity contribution in [2.75, 3.05) is 45.0 Å². The van der Waals surface area contributed by atoms with Gasteiger partial charge in [-0.15, -0.1) is 10.1 Å². The summed E-state index contributed by atoms with van der Waals surface area (Å²) in [6.45, 7) is 1.56. The summed E-state index contributed by atoms with van der Waals surface area (Å²) in [5.41, 5.74) is 1.05. The molecule has 120 valence electrons. The quantitative estimate of drug-likeness (QED) is 0.457. The fraction of sp³-hybridized carbons (Fsp3) is 0.462. The van der Waals surface area contributed by atoms with E-state index in [0.717, 1.165) is 11.4 Å². The zero-order valence-electron chi connectivity index (χ0n) is 12.1. The minimum Gasteiger partial charge on any atom is -0.497 e. The van der Waals surface area contributed by atoms with Gasteiger partial charge in [0, 0.05) is 31.9 Å². The molecule has 0 radical (unpaired) electrons. The van der Waals surface area contributed by atoms with Crippen LogP contribution in [0.2, 0.25) is 0 Å². The molecule has 1 saturated heterocycles. The maximum Gasteiger partial charge on any atom is 0.411 e. The normalized spacial score (nSPS) is 14.4. The van der Waals surface area contributed by atoms with E-state index < -0.39 is 18.0 Å². The number of amides is 1. The highest BCUT2D eigenvalue weighted by Gasteiger charge is 2.22. The van der Waals surface area contributed by atoms with E-state index in [2.05, 4.69) is 14.5 Å². The lowest BCUT2D eigenvalue weighted by atomic mass is 10.2. The van der Waals surface area contributed by atoms with Gasteiger partial charge in [0.05, 0.1) is 7.11 Å². The summed E-state index contributed by atoms with van der Waals surface area (Å²) in [5, 5.41) is 8.96. The van der Waals surface area contributed by atoms with Gasteiger partial charge in [-0.05, 0) is 24.3 Å². The Morgan fingerprint density at radius 3 is 2.41 bits per heavy atom. The Labute approximate surface area is 127 Å². The highest BCUT2D eigenvalue weighted by atomic mass is 17.0. The van der Waals surface area contributed by atoms with Crippen LogP contribution in [0.4, 0.5) is 10.5 Å².